The van der Waals surface area contributed by atoms with Crippen LogP contribution in [0.5, 0.6) is 0 Å². The van der Waals surface area contributed by atoms with Gasteiger partial charge in [0.2, 0.25) is 11.8 Å². The fraction of sp³-hybridized carbons (Fsp3) is 0.882. The van der Waals surface area contributed by atoms with Gasteiger partial charge >= 0.3 is 17.9 Å². The first-order valence-corrected chi connectivity index (χ1v) is 38.7. The van der Waals surface area contributed by atoms with Crippen molar-refractivity contribution >= 4 is 58.6 Å². The SMILES string of the molecule is CC(C)(C)C(=O)CCC(N)C(=O)C(C)(C)C.CC(C)(C)CCCNC(C)(C)C.CC(C)C(=O)C(C)C.CC(C)C(=O)NCCOC(=O)C(C)C.CC(C)C(=O)NCCOC(C)(C)C.CC(C)C(=O)OC(=O)C(C)(C)C.CC(C)CC(=O)C(C)C.CC(C)CC(=O)C(C)C.CC(C)CCOC(C)(C)C. The first-order valence-electron chi connectivity index (χ1n) is 38.7. The highest BCUT2D eigenvalue weighted by molar-refractivity contribution is 5.90. The number of ketones is 5. The molecule has 5 N–H and O–H groups in total. The van der Waals surface area contributed by atoms with E-state index in [1.54, 1.807) is 48.5 Å². The van der Waals surface area contributed by atoms with Crippen LogP contribution in [0.3, 0.4) is 0 Å². The van der Waals surface area contributed by atoms with E-state index in [0.29, 0.717) is 67.1 Å². The molecule has 0 bridgehead atoms. The molecule has 0 saturated heterocycles. The Morgan fingerprint density at radius 2 is 0.738 bits per heavy atom. The third kappa shape index (κ3) is 93.8. The average Bonchev–Trinajstić information content (AvgIpc) is 0.879. The molecule has 0 aliphatic heterocycles. The van der Waals surface area contributed by atoms with Crippen molar-refractivity contribution in [1.82, 2.24) is 16.0 Å². The summed E-state index contributed by atoms with van der Waals surface area (Å²) in [5.74, 6) is 2.45. The summed E-state index contributed by atoms with van der Waals surface area (Å²) in [5, 5.41) is 8.95. The van der Waals surface area contributed by atoms with Crippen LogP contribution in [0.4, 0.5) is 0 Å². The topological polar surface area (TPSA) is 270 Å². The summed E-state index contributed by atoms with van der Waals surface area (Å²) in [6.45, 7) is 88.5. The van der Waals surface area contributed by atoms with Gasteiger partial charge in [-0.3, -0.25) is 47.9 Å². The predicted molar refractivity (Wildman–Crippen MR) is 434 cm³/mol. The van der Waals surface area contributed by atoms with Crippen LogP contribution in [0.25, 0.3) is 0 Å². The van der Waals surface area contributed by atoms with Gasteiger partial charge in [-0.15, -0.1) is 0 Å². The molecule has 0 aromatic rings. The number of rotatable bonds is 28. The van der Waals surface area contributed by atoms with Crippen molar-refractivity contribution < 1.29 is 66.9 Å². The van der Waals surface area contributed by atoms with Crippen LogP contribution < -0.4 is 21.7 Å². The van der Waals surface area contributed by atoms with Crippen LogP contribution >= 0.6 is 0 Å². The Labute approximate surface area is 635 Å². The van der Waals surface area contributed by atoms with E-state index < -0.39 is 28.8 Å². The van der Waals surface area contributed by atoms with Crippen LogP contribution in [0.2, 0.25) is 0 Å². The number of esters is 3. The van der Waals surface area contributed by atoms with E-state index in [9.17, 15) is 47.9 Å². The van der Waals surface area contributed by atoms with Crippen molar-refractivity contribution in [3.8, 4) is 0 Å². The van der Waals surface area contributed by atoms with Gasteiger partial charge in [0.25, 0.3) is 0 Å². The lowest BCUT2D eigenvalue weighted by Gasteiger charge is -2.23. The number of hydrogen-bond acceptors (Lipinski definition) is 16. The molecule has 0 aliphatic rings. The number of nitrogens with one attached hydrogen (secondary N) is 3. The molecule has 0 spiro atoms. The normalized spacial score (nSPS) is 12.1. The maximum absolute atomic E-state index is 11.8. The first-order chi connectivity index (χ1) is 45.7. The predicted octanol–water partition coefficient (Wildman–Crippen LogP) is 19.0. The fourth-order valence-electron chi connectivity index (χ4n) is 6.77. The van der Waals surface area contributed by atoms with Crippen LogP contribution in [0.15, 0.2) is 0 Å². The van der Waals surface area contributed by atoms with Gasteiger partial charge in [-0.25, -0.2) is 0 Å². The molecule has 0 rings (SSSR count). The minimum Gasteiger partial charge on any atom is -0.464 e. The van der Waals surface area contributed by atoms with Gasteiger partial charge in [-0.1, -0.05) is 215 Å². The number of carbonyl (C=O) groups excluding carboxylic acids is 10. The summed E-state index contributed by atoms with van der Waals surface area (Å²) in [6, 6.07) is -0.522. The molecule has 0 heterocycles. The van der Waals surface area contributed by atoms with Crippen LogP contribution in [-0.2, 0) is 66.9 Å². The molecular formula is C85H172N4O14. The lowest BCUT2D eigenvalue weighted by Crippen LogP contribution is -2.39. The van der Waals surface area contributed by atoms with Crippen molar-refractivity contribution in [2.24, 2.45) is 92.5 Å². The maximum atomic E-state index is 11.8. The molecule has 0 aromatic carbocycles. The van der Waals surface area contributed by atoms with Crippen molar-refractivity contribution in [3.05, 3.63) is 0 Å². The van der Waals surface area contributed by atoms with E-state index in [0.717, 1.165) is 38.3 Å². The lowest BCUT2D eigenvalue weighted by molar-refractivity contribution is -0.167. The van der Waals surface area contributed by atoms with Gasteiger partial charge in [0.05, 0.1) is 47.6 Å². The fourth-order valence-corrected chi connectivity index (χ4v) is 6.77. The quantitative estimate of drug-likeness (QED) is 0.0322. The first kappa shape index (κ1) is 117. The molecule has 0 aliphatic carbocycles. The summed E-state index contributed by atoms with van der Waals surface area (Å²) >= 11 is 0. The van der Waals surface area contributed by atoms with Crippen molar-refractivity contribution in [1.29, 1.82) is 0 Å². The maximum Gasteiger partial charge on any atom is 0.318 e. The number of amides is 2. The van der Waals surface area contributed by atoms with Gasteiger partial charge in [-0.2, -0.15) is 0 Å². The number of nitrogens with two attached hydrogens (primary N) is 1. The third-order valence-electron chi connectivity index (χ3n) is 13.6. The molecule has 0 aromatic heterocycles. The lowest BCUT2D eigenvalue weighted by atomic mass is 9.83. The number of Topliss-reactive ketones (excluding diaryl/α,β-unsaturated/α-hetero) is 5. The second-order valence-electron chi connectivity index (χ2n) is 37.9. The zero-order valence-corrected chi connectivity index (χ0v) is 75.4. The summed E-state index contributed by atoms with van der Waals surface area (Å²) in [5.41, 5.74) is 5.09. The molecule has 18 nitrogen and oxygen atoms in total. The monoisotopic (exact) mass is 1470 g/mol. The minimum atomic E-state index is -0.607. The molecule has 103 heavy (non-hydrogen) atoms. The molecule has 0 radical (unpaired) electrons. The number of hydrogen-bond donors (Lipinski definition) is 4. The summed E-state index contributed by atoms with van der Waals surface area (Å²) in [7, 11) is 0. The average molecular weight is 1470 g/mol. The van der Waals surface area contributed by atoms with E-state index in [1.165, 1.54) is 12.8 Å². The Kier molecular flexibility index (Phi) is 67.9. The molecule has 0 saturated carbocycles. The molecule has 0 fully saturated rings. The standard InChI is InChI=1S/C13H25NO2.C11H25N.C10H19NO3.C10H21NO2.C9H16O3.C9H20O.2C8H16O.C7H14O/c1-12(2,3)10(15)8-7-9(14)11(16)13(4,5)6;1-10(2,3)8-7-9-12-11(4,5)6;1-7(2)9(12)11-5-6-14-10(13)8(3)4;1-8(2)9(12)11-6-7-13-10(3,4)5;1-6(2)7(10)12-8(11)9(3,4)5;1-8(2)6-7-10-9(3,4)5;2*1-6(2)5-8(9)7(3)4;1-5(2)7(8)6(3)4/h9H,7-8,14H2,1-6H3;12H,7-9H2,1-6H3;7-8H,5-6H2,1-4H3,(H,11,12);8H,6-7H2,1-5H3,(H,11,12);6H,1-5H3;8H,6-7H2,1-5H3;2*6-7H,5H2,1-4H3;5-6H,1-4H3. The zero-order chi connectivity index (χ0) is 84.3. The highest BCUT2D eigenvalue weighted by Crippen LogP contribution is 2.23. The van der Waals surface area contributed by atoms with Gasteiger partial charge in [0.1, 0.15) is 29.7 Å². The molecule has 616 valence electrons. The highest BCUT2D eigenvalue weighted by Gasteiger charge is 2.30. The number of ether oxygens (including phenoxy) is 4. The molecule has 1 atom stereocenters. The highest BCUT2D eigenvalue weighted by atomic mass is 16.6. The van der Waals surface area contributed by atoms with E-state index in [-0.39, 0.29) is 105 Å². The molecular weight excluding hydrogens is 1300 g/mol. The minimum absolute atomic E-state index is 0.0224. The second kappa shape index (κ2) is 59.7. The summed E-state index contributed by atoms with van der Waals surface area (Å²) in [6.07, 6.45) is 6.04. The van der Waals surface area contributed by atoms with E-state index in [1.807, 2.05) is 145 Å². The van der Waals surface area contributed by atoms with E-state index in [4.69, 9.17) is 19.9 Å². The van der Waals surface area contributed by atoms with Gasteiger partial charge in [-0.05, 0) is 138 Å². The Hall–Kier alpha value is -4.26. The summed E-state index contributed by atoms with van der Waals surface area (Å²) in [4.78, 5) is 111. The second-order valence-corrected chi connectivity index (χ2v) is 37.9. The molecule has 1 unspecified atom stereocenters. The van der Waals surface area contributed by atoms with Crippen LogP contribution in [-0.4, -0.2) is 121 Å². The van der Waals surface area contributed by atoms with Crippen molar-refractivity contribution in [2.75, 3.05) is 39.5 Å². The van der Waals surface area contributed by atoms with Gasteiger partial charge < -0.3 is 40.6 Å². The van der Waals surface area contributed by atoms with Crippen LogP contribution in [0.1, 0.15) is 343 Å². The van der Waals surface area contributed by atoms with Crippen molar-refractivity contribution in [3.63, 3.8) is 0 Å². The largest absolute Gasteiger partial charge is 0.464 e. The Morgan fingerprint density at radius 1 is 0.379 bits per heavy atom. The smallest absolute Gasteiger partial charge is 0.318 e. The third-order valence-corrected chi connectivity index (χ3v) is 13.6. The zero-order valence-electron chi connectivity index (χ0n) is 75.4. The van der Waals surface area contributed by atoms with Gasteiger partial charge in [0, 0.05) is 84.3 Å². The van der Waals surface area contributed by atoms with E-state index >= 15 is 0 Å². The number of carbonyl (C=O) groups is 10. The van der Waals surface area contributed by atoms with E-state index in [2.05, 4.69) is 125 Å². The van der Waals surface area contributed by atoms with Crippen molar-refractivity contribution in [2.45, 2.75) is 365 Å². The molecule has 2 amide bonds. The van der Waals surface area contributed by atoms with Gasteiger partial charge in [0.15, 0.2) is 5.78 Å². The van der Waals surface area contributed by atoms with Crippen LogP contribution in [0, 0.1) is 86.8 Å². The Bertz CT molecular complexity index is 2190. The summed E-state index contributed by atoms with van der Waals surface area (Å²) < 4.78 is 20.5. The Morgan fingerprint density at radius 3 is 0.981 bits per heavy atom. The molecule has 18 heteroatoms. The Balaban J connectivity index is -0.000000139.